The number of carbonyl (C=O) groups is 1. The van der Waals surface area contributed by atoms with E-state index in [2.05, 4.69) is 20.8 Å². The normalized spacial score (nSPS) is 16.3. The molecular weight excluding hydrogens is 335 g/mol. The molecule has 4 nitrogen and oxygen atoms in total. The molecule has 0 aromatic heterocycles. The molecule has 0 heterocycles. The number of hydrogen-bond acceptors (Lipinski definition) is 3. The first-order valence-electron chi connectivity index (χ1n) is 7.78. The molecule has 1 aliphatic carbocycles. The number of nitrogens with zero attached hydrogens (tertiary/aromatic N) is 1. The third kappa shape index (κ3) is 3.59. The van der Waals surface area contributed by atoms with Crippen LogP contribution in [0.3, 0.4) is 0 Å². The van der Waals surface area contributed by atoms with Crippen molar-refractivity contribution in [3.63, 3.8) is 0 Å². The van der Waals surface area contributed by atoms with Gasteiger partial charge in [0.25, 0.3) is 0 Å². The second kappa shape index (κ2) is 6.50. The summed E-state index contributed by atoms with van der Waals surface area (Å²) in [6, 6.07) is 3.66. The molecule has 0 aliphatic heterocycles. The number of carboxylic acid groups (broad SMARTS) is 1. The Balaban J connectivity index is 2.37. The van der Waals surface area contributed by atoms with Crippen molar-refractivity contribution in [1.82, 2.24) is 4.90 Å². The first-order chi connectivity index (χ1) is 10.6. The maximum atomic E-state index is 11.8. The van der Waals surface area contributed by atoms with Crippen LogP contribution in [-0.4, -0.2) is 23.1 Å². The van der Waals surface area contributed by atoms with Gasteiger partial charge in [0.2, 0.25) is 0 Å². The molecule has 2 rings (SSSR count). The number of benzene rings is 1. The van der Waals surface area contributed by atoms with Crippen molar-refractivity contribution in [2.24, 2.45) is 11.1 Å². The van der Waals surface area contributed by atoms with Gasteiger partial charge in [-0.25, -0.2) is 0 Å². The Morgan fingerprint density at radius 2 is 1.96 bits per heavy atom. The van der Waals surface area contributed by atoms with E-state index in [1.807, 2.05) is 6.07 Å². The number of carbonyl (C=O) groups excluding carboxylic acids is 1. The Morgan fingerprint density at radius 1 is 1.35 bits per heavy atom. The molecule has 1 amide bonds. The zero-order valence-corrected chi connectivity index (χ0v) is 15.3. The van der Waals surface area contributed by atoms with Gasteiger partial charge in [-0.15, -0.1) is 0 Å². The lowest BCUT2D eigenvalue weighted by Gasteiger charge is -2.43. The third-order valence-electron chi connectivity index (χ3n) is 4.78. The number of nitrogens with two attached hydrogens (primary N) is 1. The highest BCUT2D eigenvalue weighted by molar-refractivity contribution is 6.42. The third-order valence-corrected chi connectivity index (χ3v) is 5.62. The molecule has 1 aliphatic rings. The average Bonchev–Trinajstić information content (AvgIpc) is 3.21. The Bertz CT molecular complexity index is 607. The monoisotopic (exact) mass is 357 g/mol. The summed E-state index contributed by atoms with van der Waals surface area (Å²) >= 11 is 12.5. The van der Waals surface area contributed by atoms with Crippen molar-refractivity contribution in [1.29, 1.82) is 0 Å². The Morgan fingerprint density at radius 3 is 2.39 bits per heavy atom. The van der Waals surface area contributed by atoms with E-state index in [0.29, 0.717) is 28.6 Å². The van der Waals surface area contributed by atoms with Gasteiger partial charge >= 0.3 is 0 Å². The van der Waals surface area contributed by atoms with E-state index in [4.69, 9.17) is 28.9 Å². The molecule has 6 heteroatoms. The standard InChI is InChI=1S/C17H24Cl2N2O2/c1-16(2,3)17(5-6-17)21(15(22)23)10-12-8-11(4-7-20)9-13(18)14(12)19/h8-9H,4-7,10,20H2,1-3H3,(H,22,23)/p-1. The second-order valence-corrected chi connectivity index (χ2v) is 8.01. The van der Waals surface area contributed by atoms with Crippen LogP contribution in [-0.2, 0) is 13.0 Å². The van der Waals surface area contributed by atoms with Crippen LogP contribution in [0.25, 0.3) is 0 Å². The number of hydrogen-bond donors (Lipinski definition) is 1. The molecule has 1 saturated carbocycles. The van der Waals surface area contributed by atoms with Crippen LogP contribution < -0.4 is 10.8 Å². The van der Waals surface area contributed by atoms with Crippen molar-refractivity contribution < 1.29 is 9.90 Å². The minimum atomic E-state index is -1.17. The summed E-state index contributed by atoms with van der Waals surface area (Å²) in [5.74, 6) is 0. The molecule has 0 spiro atoms. The molecule has 0 atom stereocenters. The van der Waals surface area contributed by atoms with Crippen molar-refractivity contribution in [3.8, 4) is 0 Å². The van der Waals surface area contributed by atoms with Gasteiger partial charge in [-0.1, -0.05) is 50.0 Å². The Hall–Kier alpha value is -0.970. The molecule has 0 unspecified atom stereocenters. The molecule has 0 radical (unpaired) electrons. The van der Waals surface area contributed by atoms with E-state index in [9.17, 15) is 9.90 Å². The zero-order valence-electron chi connectivity index (χ0n) is 13.8. The topological polar surface area (TPSA) is 69.4 Å². The van der Waals surface area contributed by atoms with Crippen LogP contribution in [0.4, 0.5) is 4.79 Å². The summed E-state index contributed by atoms with van der Waals surface area (Å²) in [6.07, 6.45) is 1.16. The molecule has 128 valence electrons. The van der Waals surface area contributed by atoms with Crippen molar-refractivity contribution >= 4 is 29.3 Å². The predicted octanol–water partition coefficient (Wildman–Crippen LogP) is 3.22. The first kappa shape index (κ1) is 18.4. The summed E-state index contributed by atoms with van der Waals surface area (Å²) in [7, 11) is 0. The van der Waals surface area contributed by atoms with Crippen molar-refractivity contribution in [2.45, 2.75) is 52.1 Å². The van der Waals surface area contributed by atoms with Gasteiger partial charge < -0.3 is 20.5 Å². The maximum Gasteiger partial charge on any atom is 0.137 e. The second-order valence-electron chi connectivity index (χ2n) is 7.22. The summed E-state index contributed by atoms with van der Waals surface area (Å²) in [6.45, 7) is 6.82. The Labute approximate surface area is 147 Å². The van der Waals surface area contributed by atoms with Crippen LogP contribution in [0.1, 0.15) is 44.7 Å². The molecule has 1 aromatic rings. The fourth-order valence-corrected chi connectivity index (χ4v) is 3.67. The molecular formula is C17H23Cl2N2O2-. The maximum absolute atomic E-state index is 11.8. The van der Waals surface area contributed by atoms with E-state index >= 15 is 0 Å². The van der Waals surface area contributed by atoms with E-state index in [0.717, 1.165) is 18.4 Å². The quantitative estimate of drug-likeness (QED) is 0.879. The number of halogens is 2. The number of rotatable bonds is 5. The van der Waals surface area contributed by atoms with E-state index in [-0.39, 0.29) is 12.0 Å². The van der Waals surface area contributed by atoms with E-state index < -0.39 is 11.6 Å². The molecule has 1 aromatic carbocycles. The van der Waals surface area contributed by atoms with Gasteiger partial charge in [-0.3, -0.25) is 0 Å². The van der Waals surface area contributed by atoms with Gasteiger partial charge in [-0.2, -0.15) is 0 Å². The number of amides is 1. The SMILES string of the molecule is CC(C)(C)C1(N(Cc2cc(CCN)cc(Cl)c2Cl)C(=O)[O-])CC1. The van der Waals surface area contributed by atoms with Crippen LogP contribution >= 0.6 is 23.2 Å². The summed E-state index contributed by atoms with van der Waals surface area (Å²) in [5.41, 5.74) is 6.68. The van der Waals surface area contributed by atoms with Crippen LogP contribution in [0, 0.1) is 5.41 Å². The zero-order chi connectivity index (χ0) is 17.4. The van der Waals surface area contributed by atoms with Crippen molar-refractivity contribution in [3.05, 3.63) is 33.3 Å². The smallest absolute Gasteiger partial charge is 0.137 e. The molecule has 23 heavy (non-hydrogen) atoms. The van der Waals surface area contributed by atoms with Gasteiger partial charge in [0.15, 0.2) is 0 Å². The van der Waals surface area contributed by atoms with Crippen LogP contribution in [0.5, 0.6) is 0 Å². The highest BCUT2D eigenvalue weighted by Gasteiger charge is 2.56. The van der Waals surface area contributed by atoms with Gasteiger partial charge in [0.05, 0.1) is 10.0 Å². The lowest BCUT2D eigenvalue weighted by Crippen LogP contribution is -2.53. The lowest BCUT2D eigenvalue weighted by molar-refractivity contribution is -0.272. The van der Waals surface area contributed by atoms with Crippen LogP contribution in [0.2, 0.25) is 10.0 Å². The molecule has 0 bridgehead atoms. The minimum Gasteiger partial charge on any atom is -0.530 e. The van der Waals surface area contributed by atoms with Crippen molar-refractivity contribution in [2.75, 3.05) is 6.54 Å². The average molecular weight is 358 g/mol. The summed E-state index contributed by atoms with van der Waals surface area (Å²) in [4.78, 5) is 13.2. The highest BCUT2D eigenvalue weighted by atomic mass is 35.5. The Kier molecular flexibility index (Phi) is 5.19. The van der Waals surface area contributed by atoms with Gasteiger partial charge in [0, 0.05) is 12.1 Å². The van der Waals surface area contributed by atoms with E-state index in [1.165, 1.54) is 4.90 Å². The molecule has 2 N–H and O–H groups in total. The highest BCUT2D eigenvalue weighted by Crippen LogP contribution is 2.54. The van der Waals surface area contributed by atoms with E-state index in [1.54, 1.807) is 6.07 Å². The van der Waals surface area contributed by atoms with Gasteiger partial charge in [-0.05, 0) is 48.4 Å². The largest absolute Gasteiger partial charge is 0.530 e. The summed E-state index contributed by atoms with van der Waals surface area (Å²) < 4.78 is 0. The fraction of sp³-hybridized carbons (Fsp3) is 0.588. The minimum absolute atomic E-state index is 0.168. The predicted molar refractivity (Wildman–Crippen MR) is 91.6 cm³/mol. The molecule has 0 saturated heterocycles. The first-order valence-corrected chi connectivity index (χ1v) is 8.53. The fourth-order valence-electron chi connectivity index (χ4n) is 3.24. The molecule has 1 fully saturated rings. The van der Waals surface area contributed by atoms with Gasteiger partial charge in [0.1, 0.15) is 6.09 Å². The van der Waals surface area contributed by atoms with Crippen LogP contribution in [0.15, 0.2) is 12.1 Å². The lowest BCUT2D eigenvalue weighted by atomic mass is 9.82. The summed E-state index contributed by atoms with van der Waals surface area (Å²) in [5, 5.41) is 12.6.